The van der Waals surface area contributed by atoms with Gasteiger partial charge < -0.3 is 15.4 Å². The van der Waals surface area contributed by atoms with Crippen LogP contribution in [0.4, 0.5) is 11.4 Å². The molecule has 0 spiro atoms. The maximum absolute atomic E-state index is 12.1. The highest BCUT2D eigenvalue weighted by atomic mass is 16.5. The summed E-state index contributed by atoms with van der Waals surface area (Å²) in [6.07, 6.45) is 0.929. The second-order valence-electron chi connectivity index (χ2n) is 5.06. The molecular formula is C18H22N2O2. The highest BCUT2D eigenvalue weighted by Gasteiger charge is 2.09. The van der Waals surface area contributed by atoms with E-state index in [0.717, 1.165) is 17.7 Å². The highest BCUT2D eigenvalue weighted by molar-refractivity contribution is 5.95. The summed E-state index contributed by atoms with van der Waals surface area (Å²) in [6.45, 7) is 4.37. The normalized spacial score (nSPS) is 10.1. The zero-order chi connectivity index (χ0) is 15.9. The summed E-state index contributed by atoms with van der Waals surface area (Å²) in [4.78, 5) is 12.1. The third-order valence-electron chi connectivity index (χ3n) is 3.55. The SMILES string of the molecule is CCc1cccc(C)c1NCC(=O)Nc1ccccc1OC. The zero-order valence-electron chi connectivity index (χ0n) is 13.3. The number of benzene rings is 2. The summed E-state index contributed by atoms with van der Waals surface area (Å²) in [6, 6.07) is 13.5. The van der Waals surface area contributed by atoms with Crippen LogP contribution in [0.15, 0.2) is 42.5 Å². The highest BCUT2D eigenvalue weighted by Crippen LogP contribution is 2.23. The molecule has 0 aliphatic rings. The van der Waals surface area contributed by atoms with Crippen LogP contribution in [-0.4, -0.2) is 19.6 Å². The van der Waals surface area contributed by atoms with E-state index in [1.54, 1.807) is 7.11 Å². The van der Waals surface area contributed by atoms with Gasteiger partial charge in [-0.1, -0.05) is 37.3 Å². The topological polar surface area (TPSA) is 50.4 Å². The lowest BCUT2D eigenvalue weighted by Crippen LogP contribution is -2.22. The van der Waals surface area contributed by atoms with Crippen LogP contribution in [-0.2, 0) is 11.2 Å². The molecule has 4 heteroatoms. The van der Waals surface area contributed by atoms with Crippen LogP contribution in [0.25, 0.3) is 0 Å². The molecule has 0 unspecified atom stereocenters. The molecule has 0 atom stereocenters. The van der Waals surface area contributed by atoms with Crippen molar-refractivity contribution in [3.05, 3.63) is 53.6 Å². The fourth-order valence-electron chi connectivity index (χ4n) is 2.39. The summed E-state index contributed by atoms with van der Waals surface area (Å²) >= 11 is 0. The number of nitrogens with one attached hydrogen (secondary N) is 2. The van der Waals surface area contributed by atoms with Crippen LogP contribution in [0.5, 0.6) is 5.75 Å². The number of hydrogen-bond donors (Lipinski definition) is 2. The van der Waals surface area contributed by atoms with Gasteiger partial charge in [0.2, 0.25) is 5.91 Å². The summed E-state index contributed by atoms with van der Waals surface area (Å²) in [5.74, 6) is 0.552. The number of rotatable bonds is 6. The van der Waals surface area contributed by atoms with Gasteiger partial charge in [-0.2, -0.15) is 0 Å². The van der Waals surface area contributed by atoms with Gasteiger partial charge in [0, 0.05) is 5.69 Å². The van der Waals surface area contributed by atoms with Gasteiger partial charge in [0.05, 0.1) is 19.3 Å². The number of para-hydroxylation sites is 3. The molecule has 2 rings (SSSR count). The van der Waals surface area contributed by atoms with Gasteiger partial charge in [0.1, 0.15) is 5.75 Å². The van der Waals surface area contributed by atoms with Gasteiger partial charge in [0.25, 0.3) is 0 Å². The number of aryl methyl sites for hydroxylation is 2. The number of anilines is 2. The number of methoxy groups -OCH3 is 1. The average molecular weight is 298 g/mol. The lowest BCUT2D eigenvalue weighted by molar-refractivity contribution is -0.114. The molecule has 2 N–H and O–H groups in total. The molecule has 116 valence electrons. The molecule has 1 amide bonds. The van der Waals surface area contributed by atoms with Crippen molar-refractivity contribution >= 4 is 17.3 Å². The number of amides is 1. The lowest BCUT2D eigenvalue weighted by Gasteiger charge is -2.14. The molecule has 0 saturated heterocycles. The number of carbonyl (C=O) groups is 1. The number of carbonyl (C=O) groups excluding carboxylic acids is 1. The molecule has 0 aliphatic carbocycles. The molecule has 2 aromatic carbocycles. The second kappa shape index (κ2) is 7.50. The van der Waals surface area contributed by atoms with Gasteiger partial charge in [-0.05, 0) is 36.6 Å². The molecule has 0 aliphatic heterocycles. The summed E-state index contributed by atoms with van der Waals surface area (Å²) in [5.41, 5.74) is 4.08. The first-order valence-corrected chi connectivity index (χ1v) is 7.41. The van der Waals surface area contributed by atoms with Gasteiger partial charge in [-0.15, -0.1) is 0 Å². The first-order valence-electron chi connectivity index (χ1n) is 7.41. The van der Waals surface area contributed by atoms with Gasteiger partial charge >= 0.3 is 0 Å². The molecule has 0 aromatic heterocycles. The maximum atomic E-state index is 12.1. The van der Waals surface area contributed by atoms with Crippen LogP contribution < -0.4 is 15.4 Å². The Kier molecular flexibility index (Phi) is 5.42. The van der Waals surface area contributed by atoms with Crippen molar-refractivity contribution < 1.29 is 9.53 Å². The Bertz CT molecular complexity index is 653. The van der Waals surface area contributed by atoms with Crippen LogP contribution >= 0.6 is 0 Å². The van der Waals surface area contributed by atoms with E-state index < -0.39 is 0 Å². The molecular weight excluding hydrogens is 276 g/mol. The molecule has 2 aromatic rings. The molecule has 0 saturated carbocycles. The van der Waals surface area contributed by atoms with Crippen molar-refractivity contribution in [3.63, 3.8) is 0 Å². The van der Waals surface area contributed by atoms with E-state index in [4.69, 9.17) is 4.74 Å². The molecule has 0 bridgehead atoms. The van der Waals surface area contributed by atoms with Crippen molar-refractivity contribution in [2.45, 2.75) is 20.3 Å². The van der Waals surface area contributed by atoms with E-state index in [2.05, 4.69) is 23.6 Å². The number of hydrogen-bond acceptors (Lipinski definition) is 3. The monoisotopic (exact) mass is 298 g/mol. The lowest BCUT2D eigenvalue weighted by atomic mass is 10.1. The molecule has 4 nitrogen and oxygen atoms in total. The van der Waals surface area contributed by atoms with E-state index >= 15 is 0 Å². The quantitative estimate of drug-likeness (QED) is 0.856. The Morgan fingerprint density at radius 2 is 1.91 bits per heavy atom. The minimum atomic E-state index is -0.102. The smallest absolute Gasteiger partial charge is 0.243 e. The fraction of sp³-hybridized carbons (Fsp3) is 0.278. The Morgan fingerprint density at radius 1 is 1.14 bits per heavy atom. The van der Waals surface area contributed by atoms with Gasteiger partial charge in [-0.25, -0.2) is 0 Å². The summed E-state index contributed by atoms with van der Waals surface area (Å²) in [7, 11) is 1.59. The third-order valence-corrected chi connectivity index (χ3v) is 3.55. The van der Waals surface area contributed by atoms with Crippen LogP contribution in [0.2, 0.25) is 0 Å². The molecule has 0 fully saturated rings. The van der Waals surface area contributed by atoms with Crippen LogP contribution in [0.3, 0.4) is 0 Å². The van der Waals surface area contributed by atoms with Gasteiger partial charge in [-0.3, -0.25) is 4.79 Å². The van der Waals surface area contributed by atoms with Crippen molar-refractivity contribution in [2.24, 2.45) is 0 Å². The molecule has 0 heterocycles. The van der Waals surface area contributed by atoms with E-state index in [-0.39, 0.29) is 12.5 Å². The Hall–Kier alpha value is -2.49. The van der Waals surface area contributed by atoms with E-state index in [1.807, 2.05) is 43.3 Å². The Morgan fingerprint density at radius 3 is 2.64 bits per heavy atom. The van der Waals surface area contributed by atoms with Gasteiger partial charge in [0.15, 0.2) is 0 Å². The zero-order valence-corrected chi connectivity index (χ0v) is 13.3. The predicted octanol–water partition coefficient (Wildman–Crippen LogP) is 3.62. The van der Waals surface area contributed by atoms with E-state index in [9.17, 15) is 4.79 Å². The third kappa shape index (κ3) is 3.79. The first kappa shape index (κ1) is 15.9. The first-order chi connectivity index (χ1) is 10.7. The van der Waals surface area contributed by atoms with E-state index in [1.165, 1.54) is 5.56 Å². The Balaban J connectivity index is 2.02. The summed E-state index contributed by atoms with van der Waals surface area (Å²) < 4.78 is 5.23. The summed E-state index contributed by atoms with van der Waals surface area (Å²) in [5, 5.41) is 6.10. The minimum Gasteiger partial charge on any atom is -0.495 e. The van der Waals surface area contributed by atoms with Crippen molar-refractivity contribution in [1.82, 2.24) is 0 Å². The fourth-order valence-corrected chi connectivity index (χ4v) is 2.39. The van der Waals surface area contributed by atoms with Crippen molar-refractivity contribution in [3.8, 4) is 5.75 Å². The largest absolute Gasteiger partial charge is 0.495 e. The Labute approximate surface area is 131 Å². The maximum Gasteiger partial charge on any atom is 0.243 e. The standard InChI is InChI=1S/C18H22N2O2/c1-4-14-9-7-8-13(2)18(14)19-12-17(21)20-15-10-5-6-11-16(15)22-3/h5-11,19H,4,12H2,1-3H3,(H,20,21). The number of ether oxygens (including phenoxy) is 1. The van der Waals surface area contributed by atoms with Crippen LogP contribution in [0.1, 0.15) is 18.1 Å². The average Bonchev–Trinajstić information content (AvgIpc) is 2.54. The second-order valence-corrected chi connectivity index (χ2v) is 5.06. The van der Waals surface area contributed by atoms with Crippen molar-refractivity contribution in [2.75, 3.05) is 24.3 Å². The minimum absolute atomic E-state index is 0.102. The molecule has 0 radical (unpaired) electrons. The van der Waals surface area contributed by atoms with E-state index in [0.29, 0.717) is 11.4 Å². The van der Waals surface area contributed by atoms with Crippen LogP contribution in [0, 0.1) is 6.92 Å². The predicted molar refractivity (Wildman–Crippen MR) is 90.7 cm³/mol. The molecule has 22 heavy (non-hydrogen) atoms. The van der Waals surface area contributed by atoms with Crippen molar-refractivity contribution in [1.29, 1.82) is 0 Å².